The van der Waals surface area contributed by atoms with Crippen LogP contribution in [0, 0.1) is 13.8 Å². The number of rotatable bonds is 4. The van der Waals surface area contributed by atoms with Crippen LogP contribution in [0.4, 0.5) is 0 Å². The van der Waals surface area contributed by atoms with Crippen LogP contribution in [0.2, 0.25) is 5.15 Å². The van der Waals surface area contributed by atoms with Gasteiger partial charge in [0.05, 0.1) is 12.2 Å². The minimum absolute atomic E-state index is 0.142. The summed E-state index contributed by atoms with van der Waals surface area (Å²) in [6, 6.07) is 2.04. The summed E-state index contributed by atoms with van der Waals surface area (Å²) in [5.74, 6) is -0.142. The molecule has 1 amide bonds. The van der Waals surface area contributed by atoms with Crippen molar-refractivity contribution >= 4 is 34.9 Å². The standard InChI is InChI=1S/C14H16ClN3OS/c1-9-6-7-20-12(9)8-16-13(19)5-4-11-10(2)17-18(3)14(11)15/h4-7H,8H2,1-3H3,(H,16,19)/b5-4+. The summed E-state index contributed by atoms with van der Waals surface area (Å²) in [6.45, 7) is 4.44. The zero-order chi connectivity index (χ0) is 14.7. The van der Waals surface area contributed by atoms with Gasteiger partial charge in [-0.3, -0.25) is 9.48 Å². The summed E-state index contributed by atoms with van der Waals surface area (Å²) >= 11 is 7.74. The van der Waals surface area contributed by atoms with Crippen molar-refractivity contribution < 1.29 is 4.79 Å². The van der Waals surface area contributed by atoms with Gasteiger partial charge in [0.1, 0.15) is 5.15 Å². The van der Waals surface area contributed by atoms with E-state index >= 15 is 0 Å². The summed E-state index contributed by atoms with van der Waals surface area (Å²) in [5.41, 5.74) is 2.78. The molecule has 20 heavy (non-hydrogen) atoms. The highest BCUT2D eigenvalue weighted by Gasteiger charge is 2.08. The predicted octanol–water partition coefficient (Wildman–Crippen LogP) is 3.08. The maximum absolute atomic E-state index is 11.8. The van der Waals surface area contributed by atoms with Crippen molar-refractivity contribution in [3.63, 3.8) is 0 Å². The van der Waals surface area contributed by atoms with Gasteiger partial charge in [-0.15, -0.1) is 11.3 Å². The van der Waals surface area contributed by atoms with Gasteiger partial charge in [-0.25, -0.2) is 0 Å². The van der Waals surface area contributed by atoms with Crippen molar-refractivity contribution in [1.29, 1.82) is 0 Å². The van der Waals surface area contributed by atoms with Crippen LogP contribution in [0.1, 0.15) is 21.7 Å². The summed E-state index contributed by atoms with van der Waals surface area (Å²) in [7, 11) is 1.77. The Labute approximate surface area is 127 Å². The SMILES string of the molecule is Cc1ccsc1CNC(=O)/C=C/c1c(C)nn(C)c1Cl. The molecule has 0 saturated carbocycles. The van der Waals surface area contributed by atoms with E-state index in [1.54, 1.807) is 29.1 Å². The highest BCUT2D eigenvalue weighted by atomic mass is 35.5. The fourth-order valence-corrected chi connectivity index (χ4v) is 2.89. The second-order valence-corrected chi connectivity index (χ2v) is 5.85. The second-order valence-electron chi connectivity index (χ2n) is 4.49. The molecular formula is C14H16ClN3OS. The van der Waals surface area contributed by atoms with E-state index in [9.17, 15) is 4.79 Å². The Morgan fingerprint density at radius 3 is 2.85 bits per heavy atom. The molecule has 0 radical (unpaired) electrons. The molecule has 0 unspecified atom stereocenters. The predicted molar refractivity (Wildman–Crippen MR) is 82.9 cm³/mol. The molecule has 0 atom stereocenters. The zero-order valence-corrected chi connectivity index (χ0v) is 13.2. The van der Waals surface area contributed by atoms with Crippen LogP contribution in [0.25, 0.3) is 6.08 Å². The van der Waals surface area contributed by atoms with Crippen LogP contribution >= 0.6 is 22.9 Å². The number of aromatic nitrogens is 2. The number of thiophene rings is 1. The first-order valence-corrected chi connectivity index (χ1v) is 7.42. The average Bonchev–Trinajstić information content (AvgIpc) is 2.91. The van der Waals surface area contributed by atoms with Crippen LogP contribution in [0.3, 0.4) is 0 Å². The van der Waals surface area contributed by atoms with Gasteiger partial charge in [0, 0.05) is 23.6 Å². The van der Waals surface area contributed by atoms with E-state index in [0.717, 1.165) is 11.3 Å². The number of carbonyl (C=O) groups excluding carboxylic acids is 1. The summed E-state index contributed by atoms with van der Waals surface area (Å²) in [4.78, 5) is 13.0. The van der Waals surface area contributed by atoms with Crippen molar-refractivity contribution in [3.05, 3.63) is 44.4 Å². The molecular weight excluding hydrogens is 294 g/mol. The topological polar surface area (TPSA) is 46.9 Å². The molecule has 0 aliphatic heterocycles. The third kappa shape index (κ3) is 3.29. The first-order valence-electron chi connectivity index (χ1n) is 6.17. The van der Waals surface area contributed by atoms with Crippen LogP contribution in [0.15, 0.2) is 17.5 Å². The molecule has 2 heterocycles. The molecule has 0 bridgehead atoms. The van der Waals surface area contributed by atoms with Crippen molar-refractivity contribution in [2.45, 2.75) is 20.4 Å². The quantitative estimate of drug-likeness (QED) is 0.882. The number of halogens is 1. The van der Waals surface area contributed by atoms with E-state index in [4.69, 9.17) is 11.6 Å². The molecule has 2 aromatic heterocycles. The van der Waals surface area contributed by atoms with E-state index in [1.807, 2.05) is 25.3 Å². The lowest BCUT2D eigenvalue weighted by Crippen LogP contribution is -2.19. The van der Waals surface area contributed by atoms with E-state index in [1.165, 1.54) is 16.5 Å². The molecule has 2 rings (SSSR count). The Morgan fingerprint density at radius 2 is 2.30 bits per heavy atom. The fraction of sp³-hybridized carbons (Fsp3) is 0.286. The van der Waals surface area contributed by atoms with Gasteiger partial charge < -0.3 is 5.32 Å². The van der Waals surface area contributed by atoms with E-state index < -0.39 is 0 Å². The molecule has 0 spiro atoms. The van der Waals surface area contributed by atoms with Gasteiger partial charge in [-0.05, 0) is 36.9 Å². The Balaban J connectivity index is 1.97. The monoisotopic (exact) mass is 309 g/mol. The molecule has 6 heteroatoms. The van der Waals surface area contributed by atoms with E-state index in [0.29, 0.717) is 11.7 Å². The number of nitrogens with zero attached hydrogens (tertiary/aromatic N) is 2. The van der Waals surface area contributed by atoms with Crippen LogP contribution in [-0.2, 0) is 18.4 Å². The van der Waals surface area contributed by atoms with Crippen molar-refractivity contribution in [2.24, 2.45) is 7.05 Å². The van der Waals surface area contributed by atoms with Gasteiger partial charge in [-0.1, -0.05) is 11.6 Å². The number of hydrogen-bond acceptors (Lipinski definition) is 3. The Bertz CT molecular complexity index is 657. The molecule has 4 nitrogen and oxygen atoms in total. The Morgan fingerprint density at radius 1 is 1.55 bits per heavy atom. The first kappa shape index (κ1) is 14.8. The summed E-state index contributed by atoms with van der Waals surface area (Å²) < 4.78 is 1.59. The number of aryl methyl sites for hydroxylation is 3. The fourth-order valence-electron chi connectivity index (χ4n) is 1.81. The van der Waals surface area contributed by atoms with Gasteiger partial charge >= 0.3 is 0 Å². The molecule has 106 valence electrons. The summed E-state index contributed by atoms with van der Waals surface area (Å²) in [6.07, 6.45) is 3.18. The number of hydrogen-bond donors (Lipinski definition) is 1. The normalized spacial score (nSPS) is 11.2. The Kier molecular flexibility index (Phi) is 4.62. The number of nitrogens with one attached hydrogen (secondary N) is 1. The van der Waals surface area contributed by atoms with Gasteiger partial charge in [0.15, 0.2) is 0 Å². The first-order chi connectivity index (χ1) is 9.49. The minimum atomic E-state index is -0.142. The molecule has 0 fully saturated rings. The molecule has 0 aliphatic rings. The zero-order valence-electron chi connectivity index (χ0n) is 11.6. The largest absolute Gasteiger partial charge is 0.348 e. The van der Waals surface area contributed by atoms with Crippen LogP contribution < -0.4 is 5.32 Å². The van der Waals surface area contributed by atoms with Gasteiger partial charge in [0.25, 0.3) is 0 Å². The third-order valence-electron chi connectivity index (χ3n) is 2.99. The van der Waals surface area contributed by atoms with Gasteiger partial charge in [0.2, 0.25) is 5.91 Å². The smallest absolute Gasteiger partial charge is 0.244 e. The summed E-state index contributed by atoms with van der Waals surface area (Å²) in [5, 5.41) is 9.59. The number of amides is 1. The lowest BCUT2D eigenvalue weighted by atomic mass is 10.2. The maximum atomic E-state index is 11.8. The van der Waals surface area contributed by atoms with Crippen molar-refractivity contribution in [1.82, 2.24) is 15.1 Å². The highest BCUT2D eigenvalue weighted by Crippen LogP contribution is 2.20. The van der Waals surface area contributed by atoms with E-state index in [-0.39, 0.29) is 5.91 Å². The minimum Gasteiger partial charge on any atom is -0.348 e. The van der Waals surface area contributed by atoms with Crippen molar-refractivity contribution in [3.8, 4) is 0 Å². The lowest BCUT2D eigenvalue weighted by molar-refractivity contribution is -0.116. The molecule has 0 aliphatic carbocycles. The lowest BCUT2D eigenvalue weighted by Gasteiger charge is -2.01. The molecule has 0 aromatic carbocycles. The van der Waals surface area contributed by atoms with Crippen LogP contribution in [-0.4, -0.2) is 15.7 Å². The van der Waals surface area contributed by atoms with E-state index in [2.05, 4.69) is 10.4 Å². The van der Waals surface area contributed by atoms with Gasteiger partial charge in [-0.2, -0.15) is 5.10 Å². The number of carbonyl (C=O) groups is 1. The van der Waals surface area contributed by atoms with Crippen LogP contribution in [0.5, 0.6) is 0 Å². The molecule has 2 aromatic rings. The maximum Gasteiger partial charge on any atom is 0.244 e. The Hall–Kier alpha value is -1.59. The van der Waals surface area contributed by atoms with Crippen molar-refractivity contribution in [2.75, 3.05) is 0 Å². The third-order valence-corrected chi connectivity index (χ3v) is 4.46. The highest BCUT2D eigenvalue weighted by molar-refractivity contribution is 7.10. The average molecular weight is 310 g/mol. The molecule has 0 saturated heterocycles. The second kappa shape index (κ2) is 6.24. The molecule has 1 N–H and O–H groups in total.